The number of carbonyl (C=O) groups is 2. The highest BCUT2D eigenvalue weighted by atomic mass is 32.1. The van der Waals surface area contributed by atoms with E-state index in [1.807, 2.05) is 0 Å². The monoisotopic (exact) mass is 374 g/mol. The van der Waals surface area contributed by atoms with Crippen molar-refractivity contribution >= 4 is 24.4 Å². The van der Waals surface area contributed by atoms with Gasteiger partial charge in [-0.25, -0.2) is 0 Å². The van der Waals surface area contributed by atoms with E-state index in [4.69, 9.17) is 0 Å². The molecule has 0 rings (SSSR count). The zero-order valence-electron chi connectivity index (χ0n) is 16.3. The fourth-order valence-corrected chi connectivity index (χ4v) is 3.02. The summed E-state index contributed by atoms with van der Waals surface area (Å²) >= 11 is 4.14. The molecular weight excluding hydrogens is 336 g/mol. The lowest BCUT2D eigenvalue weighted by atomic mass is 9.93. The van der Waals surface area contributed by atoms with Gasteiger partial charge in [-0.1, -0.05) is 52.4 Å². The van der Waals surface area contributed by atoms with Crippen molar-refractivity contribution in [2.45, 2.75) is 77.7 Å². The molecule has 0 aromatic rings. The Labute approximate surface area is 159 Å². The third kappa shape index (κ3) is 11.5. The van der Waals surface area contributed by atoms with Crippen molar-refractivity contribution in [2.24, 2.45) is 5.92 Å². The lowest BCUT2D eigenvalue weighted by Crippen LogP contribution is -2.43. The van der Waals surface area contributed by atoms with E-state index in [9.17, 15) is 14.7 Å². The minimum absolute atomic E-state index is 0.00613. The van der Waals surface area contributed by atoms with Crippen LogP contribution in [-0.4, -0.2) is 53.8 Å². The standard InChI is InChI=1S/C19H38N2O3S/c1-4-6-8-9-10-11-16(13-17(22)15-25)19(24)21(12-7-5-2)14-18(23)20-3/h16-17,22,25H,4-15H2,1-3H3,(H,20,23)/t16?,17-/m1/s1. The van der Waals surface area contributed by atoms with E-state index in [0.29, 0.717) is 18.7 Å². The summed E-state index contributed by atoms with van der Waals surface area (Å²) in [6.07, 6.45) is 8.14. The van der Waals surface area contributed by atoms with E-state index in [2.05, 4.69) is 31.8 Å². The highest BCUT2D eigenvalue weighted by molar-refractivity contribution is 7.80. The first-order valence-electron chi connectivity index (χ1n) is 9.78. The van der Waals surface area contributed by atoms with E-state index in [0.717, 1.165) is 32.1 Å². The Morgan fingerprint density at radius 2 is 1.72 bits per heavy atom. The lowest BCUT2D eigenvalue weighted by Gasteiger charge is -2.28. The van der Waals surface area contributed by atoms with Gasteiger partial charge >= 0.3 is 0 Å². The van der Waals surface area contributed by atoms with Gasteiger partial charge in [0, 0.05) is 25.3 Å². The molecule has 1 unspecified atom stereocenters. The smallest absolute Gasteiger partial charge is 0.239 e. The maximum atomic E-state index is 13.0. The highest BCUT2D eigenvalue weighted by Crippen LogP contribution is 2.20. The summed E-state index contributed by atoms with van der Waals surface area (Å²) in [6.45, 7) is 4.93. The third-order valence-corrected chi connectivity index (χ3v) is 4.90. The number of unbranched alkanes of at least 4 members (excludes halogenated alkanes) is 5. The van der Waals surface area contributed by atoms with Crippen LogP contribution in [-0.2, 0) is 9.59 Å². The molecule has 2 N–H and O–H groups in total. The number of likely N-dealkylation sites (N-methyl/N-ethyl adjacent to an activating group) is 1. The van der Waals surface area contributed by atoms with Crippen LogP contribution in [0.5, 0.6) is 0 Å². The normalized spacial score (nSPS) is 13.3. The maximum absolute atomic E-state index is 13.0. The van der Waals surface area contributed by atoms with Crippen LogP contribution in [0.25, 0.3) is 0 Å². The van der Waals surface area contributed by atoms with Gasteiger partial charge in [0.05, 0.1) is 12.6 Å². The quantitative estimate of drug-likeness (QED) is 0.305. The number of rotatable bonds is 15. The molecule has 0 aliphatic carbocycles. The van der Waals surface area contributed by atoms with Crippen molar-refractivity contribution in [1.82, 2.24) is 10.2 Å². The van der Waals surface area contributed by atoms with Crippen molar-refractivity contribution in [2.75, 3.05) is 25.9 Å². The van der Waals surface area contributed by atoms with Crippen molar-refractivity contribution in [3.8, 4) is 0 Å². The number of thiol groups is 1. The predicted molar refractivity (Wildman–Crippen MR) is 107 cm³/mol. The second-order valence-corrected chi connectivity index (χ2v) is 7.12. The van der Waals surface area contributed by atoms with Gasteiger partial charge < -0.3 is 15.3 Å². The molecule has 5 nitrogen and oxygen atoms in total. The Morgan fingerprint density at radius 1 is 1.08 bits per heavy atom. The van der Waals surface area contributed by atoms with Gasteiger partial charge in [-0.3, -0.25) is 9.59 Å². The Balaban J connectivity index is 4.85. The molecule has 0 aromatic carbocycles. The fraction of sp³-hybridized carbons (Fsp3) is 0.895. The van der Waals surface area contributed by atoms with Crippen molar-refractivity contribution in [3.63, 3.8) is 0 Å². The van der Waals surface area contributed by atoms with Gasteiger partial charge in [-0.2, -0.15) is 12.6 Å². The number of nitrogens with one attached hydrogen (secondary N) is 1. The first kappa shape index (κ1) is 24.2. The molecule has 6 heteroatoms. The average molecular weight is 375 g/mol. The van der Waals surface area contributed by atoms with Crippen molar-refractivity contribution in [1.29, 1.82) is 0 Å². The Morgan fingerprint density at radius 3 is 2.28 bits per heavy atom. The first-order chi connectivity index (χ1) is 12.0. The summed E-state index contributed by atoms with van der Waals surface area (Å²) < 4.78 is 0. The molecule has 2 amide bonds. The Bertz CT molecular complexity index is 367. The molecule has 2 atom stereocenters. The SMILES string of the molecule is CCCCCCCC(C[C@@H](O)CS)C(=O)N(CCCC)CC(=O)NC. The number of hydrogen-bond acceptors (Lipinski definition) is 4. The second-order valence-electron chi connectivity index (χ2n) is 6.76. The summed E-state index contributed by atoms with van der Waals surface area (Å²) in [6, 6.07) is 0. The third-order valence-electron chi connectivity index (χ3n) is 4.48. The first-order valence-corrected chi connectivity index (χ1v) is 10.4. The summed E-state index contributed by atoms with van der Waals surface area (Å²) in [5.41, 5.74) is 0. The van der Waals surface area contributed by atoms with Crippen LogP contribution in [0.1, 0.15) is 71.6 Å². The van der Waals surface area contributed by atoms with Gasteiger partial charge in [-0.15, -0.1) is 0 Å². The molecule has 0 radical (unpaired) electrons. The predicted octanol–water partition coefficient (Wildman–Crippen LogP) is 3.02. The molecule has 0 fully saturated rings. The summed E-state index contributed by atoms with van der Waals surface area (Å²) in [5.74, 6) is -0.0381. The van der Waals surface area contributed by atoms with Gasteiger partial charge in [-0.05, 0) is 19.3 Å². The molecule has 0 bridgehead atoms. The molecule has 25 heavy (non-hydrogen) atoms. The number of hydrogen-bond donors (Lipinski definition) is 3. The van der Waals surface area contributed by atoms with Crippen LogP contribution in [0.3, 0.4) is 0 Å². The van der Waals surface area contributed by atoms with Crippen LogP contribution in [0.4, 0.5) is 0 Å². The molecule has 0 aliphatic heterocycles. The zero-order valence-corrected chi connectivity index (χ0v) is 17.2. The fourth-order valence-electron chi connectivity index (χ4n) is 2.87. The van der Waals surface area contributed by atoms with Gasteiger partial charge in [0.1, 0.15) is 0 Å². The van der Waals surface area contributed by atoms with E-state index in [1.165, 1.54) is 19.3 Å². The molecule has 0 saturated carbocycles. The molecule has 148 valence electrons. The molecule has 0 saturated heterocycles. The Hall–Kier alpha value is -0.750. The molecule has 0 aliphatic rings. The highest BCUT2D eigenvalue weighted by Gasteiger charge is 2.27. The Kier molecular flexibility index (Phi) is 15.0. The average Bonchev–Trinajstić information content (AvgIpc) is 2.62. The van der Waals surface area contributed by atoms with E-state index in [-0.39, 0.29) is 24.3 Å². The van der Waals surface area contributed by atoms with Gasteiger partial charge in [0.25, 0.3) is 0 Å². The zero-order chi connectivity index (χ0) is 19.1. The number of aliphatic hydroxyl groups is 1. The van der Waals surface area contributed by atoms with E-state index >= 15 is 0 Å². The number of carbonyl (C=O) groups excluding carboxylic acids is 2. The van der Waals surface area contributed by atoms with Crippen LogP contribution >= 0.6 is 12.6 Å². The van der Waals surface area contributed by atoms with Crippen LogP contribution in [0, 0.1) is 5.92 Å². The van der Waals surface area contributed by atoms with Gasteiger partial charge in [0.2, 0.25) is 11.8 Å². The van der Waals surface area contributed by atoms with E-state index < -0.39 is 6.10 Å². The lowest BCUT2D eigenvalue weighted by molar-refractivity contribution is -0.140. The second kappa shape index (κ2) is 15.5. The molecular formula is C19H38N2O3S. The minimum atomic E-state index is -0.582. The molecule has 0 heterocycles. The van der Waals surface area contributed by atoms with Crippen LogP contribution in [0.15, 0.2) is 0 Å². The van der Waals surface area contributed by atoms with Crippen molar-refractivity contribution in [3.05, 3.63) is 0 Å². The van der Waals surface area contributed by atoms with Crippen molar-refractivity contribution < 1.29 is 14.7 Å². The number of nitrogens with zero attached hydrogens (tertiary/aromatic N) is 1. The summed E-state index contributed by atoms with van der Waals surface area (Å²) in [4.78, 5) is 26.4. The minimum Gasteiger partial charge on any atom is -0.392 e. The van der Waals surface area contributed by atoms with E-state index in [1.54, 1.807) is 11.9 Å². The molecule has 0 aromatic heterocycles. The number of aliphatic hydroxyl groups excluding tert-OH is 1. The van der Waals surface area contributed by atoms with Crippen LogP contribution < -0.4 is 5.32 Å². The topological polar surface area (TPSA) is 69.6 Å². The summed E-state index contributed by atoms with van der Waals surface area (Å²) in [7, 11) is 1.58. The number of amides is 2. The maximum Gasteiger partial charge on any atom is 0.239 e. The van der Waals surface area contributed by atoms with Gasteiger partial charge in [0.15, 0.2) is 0 Å². The molecule has 0 spiro atoms. The largest absolute Gasteiger partial charge is 0.392 e. The van der Waals surface area contributed by atoms with Crippen LogP contribution in [0.2, 0.25) is 0 Å². The summed E-state index contributed by atoms with van der Waals surface area (Å²) in [5, 5.41) is 12.6.